The van der Waals surface area contributed by atoms with Crippen LogP contribution in [0.1, 0.15) is 18.5 Å². The van der Waals surface area contributed by atoms with Gasteiger partial charge in [0.05, 0.1) is 12.9 Å². The van der Waals surface area contributed by atoms with Gasteiger partial charge >= 0.3 is 11.7 Å². The van der Waals surface area contributed by atoms with Crippen molar-refractivity contribution >= 4 is 17.1 Å². The van der Waals surface area contributed by atoms with Crippen LogP contribution >= 0.6 is 0 Å². The van der Waals surface area contributed by atoms with E-state index in [1.807, 2.05) is 6.07 Å². The Kier molecular flexibility index (Phi) is 4.26. The Hall–Kier alpha value is -3.16. The number of esters is 1. The summed E-state index contributed by atoms with van der Waals surface area (Å²) in [5.41, 5.74) is 0.0666. The summed E-state index contributed by atoms with van der Waals surface area (Å²) < 4.78 is 8.93. The summed E-state index contributed by atoms with van der Waals surface area (Å²) in [7, 11) is 2.92. The first kappa shape index (κ1) is 16.7. The number of carbonyl (C=O) groups is 1. The van der Waals surface area contributed by atoms with Crippen LogP contribution in [-0.2, 0) is 23.6 Å². The molecule has 0 amide bonds. The van der Waals surface area contributed by atoms with Crippen molar-refractivity contribution in [3.05, 3.63) is 63.1 Å². The number of hydrogen-bond donors (Lipinski definition) is 0. The molecule has 8 nitrogen and oxygen atoms in total. The van der Waals surface area contributed by atoms with Crippen LogP contribution in [-0.4, -0.2) is 31.3 Å². The molecule has 130 valence electrons. The normalized spacial score (nSPS) is 12.3. The molecule has 0 bridgehead atoms. The lowest BCUT2D eigenvalue weighted by Crippen LogP contribution is -2.38. The molecular formula is C17H18N4O4. The van der Waals surface area contributed by atoms with Gasteiger partial charge < -0.3 is 9.30 Å². The third-order valence-electron chi connectivity index (χ3n) is 4.08. The van der Waals surface area contributed by atoms with Crippen molar-refractivity contribution in [2.75, 3.05) is 6.61 Å². The number of carbonyl (C=O) groups excluding carboxylic acids is 1. The summed E-state index contributed by atoms with van der Waals surface area (Å²) in [6, 6.07) is 8.12. The van der Waals surface area contributed by atoms with E-state index in [0.29, 0.717) is 5.56 Å². The van der Waals surface area contributed by atoms with E-state index in [9.17, 15) is 14.4 Å². The Morgan fingerprint density at radius 1 is 1.16 bits per heavy atom. The molecule has 2 heterocycles. The van der Waals surface area contributed by atoms with Gasteiger partial charge in [-0.15, -0.1) is 0 Å². The molecule has 0 unspecified atom stereocenters. The zero-order chi connectivity index (χ0) is 18.1. The van der Waals surface area contributed by atoms with Gasteiger partial charge in [0.25, 0.3) is 5.56 Å². The van der Waals surface area contributed by atoms with Crippen LogP contribution in [0.4, 0.5) is 0 Å². The third-order valence-corrected chi connectivity index (χ3v) is 4.08. The number of ether oxygens (including phenoxy) is 1. The number of aryl methyl sites for hydroxylation is 1. The molecule has 3 aromatic rings. The number of aromatic nitrogens is 4. The summed E-state index contributed by atoms with van der Waals surface area (Å²) in [5, 5.41) is 0. The lowest BCUT2D eigenvalue weighted by Gasteiger charge is -2.18. The van der Waals surface area contributed by atoms with Crippen LogP contribution in [0, 0.1) is 0 Å². The van der Waals surface area contributed by atoms with Gasteiger partial charge in [-0.3, -0.25) is 13.9 Å². The Bertz CT molecular complexity index is 1050. The van der Waals surface area contributed by atoms with Gasteiger partial charge in [0.2, 0.25) is 0 Å². The average molecular weight is 342 g/mol. The van der Waals surface area contributed by atoms with Gasteiger partial charge in [0, 0.05) is 14.1 Å². The summed E-state index contributed by atoms with van der Waals surface area (Å²) in [6.45, 7) is 1.93. The maximum atomic E-state index is 12.6. The van der Waals surface area contributed by atoms with Crippen LogP contribution in [0.15, 0.2) is 46.2 Å². The highest BCUT2D eigenvalue weighted by Crippen LogP contribution is 2.23. The van der Waals surface area contributed by atoms with Crippen molar-refractivity contribution in [1.82, 2.24) is 18.7 Å². The molecule has 25 heavy (non-hydrogen) atoms. The van der Waals surface area contributed by atoms with Gasteiger partial charge in [-0.1, -0.05) is 30.3 Å². The molecule has 0 aliphatic carbocycles. The van der Waals surface area contributed by atoms with E-state index in [0.717, 1.165) is 4.57 Å². The van der Waals surface area contributed by atoms with Crippen LogP contribution < -0.4 is 11.2 Å². The largest absolute Gasteiger partial charge is 0.464 e. The fraction of sp³-hybridized carbons (Fsp3) is 0.294. The lowest BCUT2D eigenvalue weighted by atomic mass is 10.1. The molecule has 0 saturated carbocycles. The minimum absolute atomic E-state index is 0.173. The Morgan fingerprint density at radius 2 is 1.84 bits per heavy atom. The second kappa shape index (κ2) is 6.39. The van der Waals surface area contributed by atoms with Crippen molar-refractivity contribution in [1.29, 1.82) is 0 Å². The molecule has 2 aromatic heterocycles. The van der Waals surface area contributed by atoms with Crippen molar-refractivity contribution in [3.8, 4) is 0 Å². The van der Waals surface area contributed by atoms with Crippen LogP contribution in [0.5, 0.6) is 0 Å². The van der Waals surface area contributed by atoms with E-state index in [4.69, 9.17) is 4.74 Å². The molecule has 3 rings (SSSR count). The first-order chi connectivity index (χ1) is 12.0. The van der Waals surface area contributed by atoms with E-state index in [1.54, 1.807) is 31.2 Å². The Balaban J connectivity index is 2.33. The van der Waals surface area contributed by atoms with E-state index in [2.05, 4.69) is 4.98 Å². The highest BCUT2D eigenvalue weighted by atomic mass is 16.5. The summed E-state index contributed by atoms with van der Waals surface area (Å²) >= 11 is 0. The summed E-state index contributed by atoms with van der Waals surface area (Å²) in [5.74, 6) is -0.496. The smallest absolute Gasteiger partial charge is 0.333 e. The maximum Gasteiger partial charge on any atom is 0.333 e. The number of nitrogens with zero attached hydrogens (tertiary/aromatic N) is 4. The molecule has 8 heteroatoms. The highest BCUT2D eigenvalue weighted by molar-refractivity contribution is 5.81. The minimum Gasteiger partial charge on any atom is -0.464 e. The fourth-order valence-corrected chi connectivity index (χ4v) is 2.83. The van der Waals surface area contributed by atoms with Gasteiger partial charge in [0.15, 0.2) is 17.2 Å². The topological polar surface area (TPSA) is 88.1 Å². The van der Waals surface area contributed by atoms with Crippen molar-refractivity contribution in [2.24, 2.45) is 14.1 Å². The molecular weight excluding hydrogens is 324 g/mol. The zero-order valence-electron chi connectivity index (χ0n) is 14.2. The number of hydrogen-bond acceptors (Lipinski definition) is 5. The third kappa shape index (κ3) is 2.65. The van der Waals surface area contributed by atoms with Crippen LogP contribution in [0.25, 0.3) is 11.2 Å². The molecule has 0 radical (unpaired) electrons. The number of rotatable bonds is 4. The van der Waals surface area contributed by atoms with Crippen LogP contribution in [0.2, 0.25) is 0 Å². The fourth-order valence-electron chi connectivity index (χ4n) is 2.83. The van der Waals surface area contributed by atoms with Crippen molar-refractivity contribution in [2.45, 2.75) is 13.0 Å². The van der Waals surface area contributed by atoms with Gasteiger partial charge in [-0.25, -0.2) is 14.6 Å². The summed E-state index contributed by atoms with van der Waals surface area (Å²) in [4.78, 5) is 41.5. The van der Waals surface area contributed by atoms with Crippen LogP contribution in [0.3, 0.4) is 0 Å². The SMILES string of the molecule is CCOC(=O)[C@H](c1ccccc1)n1cnc2c1c(=O)n(C)c(=O)n2C. The second-order valence-electron chi connectivity index (χ2n) is 5.60. The standard InChI is InChI=1S/C17H18N4O4/c1-4-25-16(23)12(11-8-6-5-7-9-11)21-10-18-14-13(21)15(22)20(3)17(24)19(14)2/h5-10,12H,4H2,1-3H3/t12-/m0/s1. The number of imidazole rings is 1. The average Bonchev–Trinajstić information content (AvgIpc) is 3.04. The first-order valence-electron chi connectivity index (χ1n) is 7.81. The maximum absolute atomic E-state index is 12.6. The minimum atomic E-state index is -0.864. The van der Waals surface area contributed by atoms with Gasteiger partial charge in [-0.2, -0.15) is 0 Å². The molecule has 1 atom stereocenters. The zero-order valence-corrected chi connectivity index (χ0v) is 14.2. The lowest BCUT2D eigenvalue weighted by molar-refractivity contribution is -0.145. The second-order valence-corrected chi connectivity index (χ2v) is 5.60. The molecule has 0 saturated heterocycles. The van der Waals surface area contributed by atoms with E-state index < -0.39 is 23.3 Å². The number of fused-ring (bicyclic) bond motifs is 1. The van der Waals surface area contributed by atoms with Crippen molar-refractivity contribution < 1.29 is 9.53 Å². The quantitative estimate of drug-likeness (QED) is 0.648. The predicted molar refractivity (Wildman–Crippen MR) is 91.4 cm³/mol. The summed E-state index contributed by atoms with van der Waals surface area (Å²) in [6.07, 6.45) is 1.39. The Labute approximate surface area is 142 Å². The Morgan fingerprint density at radius 3 is 2.48 bits per heavy atom. The highest BCUT2D eigenvalue weighted by Gasteiger charge is 2.27. The van der Waals surface area contributed by atoms with E-state index in [1.165, 1.54) is 29.6 Å². The van der Waals surface area contributed by atoms with Gasteiger partial charge in [-0.05, 0) is 12.5 Å². The van der Waals surface area contributed by atoms with E-state index in [-0.39, 0.29) is 17.8 Å². The molecule has 0 aliphatic rings. The molecule has 0 aliphatic heterocycles. The monoisotopic (exact) mass is 342 g/mol. The predicted octanol–water partition coefficient (Wildman–Crippen LogP) is 0.586. The number of benzene rings is 1. The molecule has 1 aromatic carbocycles. The van der Waals surface area contributed by atoms with Crippen molar-refractivity contribution in [3.63, 3.8) is 0 Å². The van der Waals surface area contributed by atoms with Gasteiger partial charge in [0.1, 0.15) is 0 Å². The molecule has 0 spiro atoms. The molecule has 0 fully saturated rings. The molecule has 0 N–H and O–H groups in total. The van der Waals surface area contributed by atoms with E-state index >= 15 is 0 Å². The first-order valence-corrected chi connectivity index (χ1v) is 7.81.